The summed E-state index contributed by atoms with van der Waals surface area (Å²) in [5.74, 6) is 0.472. The molecule has 0 amide bonds. The average Bonchev–Trinajstić information content (AvgIpc) is 2.39. The van der Waals surface area contributed by atoms with Gasteiger partial charge in [0.25, 0.3) is 0 Å². The number of fused-ring (bicyclic) bond motifs is 1. The van der Waals surface area contributed by atoms with Crippen LogP contribution in [0.4, 0.5) is 0 Å². The first-order chi connectivity index (χ1) is 8.79. The van der Waals surface area contributed by atoms with Gasteiger partial charge in [0.2, 0.25) is 0 Å². The van der Waals surface area contributed by atoms with Gasteiger partial charge < -0.3 is 20.4 Å². The van der Waals surface area contributed by atoms with Gasteiger partial charge in [-0.05, 0) is 30.3 Å². The zero-order valence-electron chi connectivity index (χ0n) is 11.8. The lowest BCUT2D eigenvalue weighted by Crippen LogP contribution is -2.68. The van der Waals surface area contributed by atoms with Crippen molar-refractivity contribution in [1.29, 1.82) is 0 Å². The molecule has 0 aliphatic heterocycles. The van der Waals surface area contributed by atoms with Gasteiger partial charge >= 0.3 is 0 Å². The quantitative estimate of drug-likeness (QED) is 0.560. The fourth-order valence-corrected chi connectivity index (χ4v) is 4.22. The van der Waals surface area contributed by atoms with Gasteiger partial charge in [-0.1, -0.05) is 33.3 Å². The minimum absolute atomic E-state index is 0.102. The molecule has 19 heavy (non-hydrogen) atoms. The Morgan fingerprint density at radius 3 is 2.53 bits per heavy atom. The van der Waals surface area contributed by atoms with Crippen LogP contribution in [0.1, 0.15) is 39.5 Å². The highest BCUT2D eigenvalue weighted by molar-refractivity contribution is 5.25. The molecule has 2 rings (SSSR count). The highest BCUT2D eigenvalue weighted by Crippen LogP contribution is 2.56. The third-order valence-corrected chi connectivity index (χ3v) is 5.91. The Hall–Kier alpha value is -0.420. The molecule has 0 aromatic carbocycles. The van der Waals surface area contributed by atoms with E-state index in [2.05, 4.69) is 13.5 Å². The zero-order chi connectivity index (χ0) is 14.4. The predicted molar refractivity (Wildman–Crippen MR) is 72.4 cm³/mol. The largest absolute Gasteiger partial charge is 0.392 e. The molecule has 6 atom stereocenters. The molecule has 4 N–H and O–H groups in total. The highest BCUT2D eigenvalue weighted by Gasteiger charge is 2.62. The molecule has 0 radical (unpaired) electrons. The van der Waals surface area contributed by atoms with Gasteiger partial charge in [-0.3, -0.25) is 0 Å². The summed E-state index contributed by atoms with van der Waals surface area (Å²) in [5, 5.41) is 41.0. The Bertz CT molecular complexity index is 369. The van der Waals surface area contributed by atoms with Gasteiger partial charge in [-0.25, -0.2) is 0 Å². The van der Waals surface area contributed by atoms with Crippen LogP contribution in [0.15, 0.2) is 12.2 Å². The van der Waals surface area contributed by atoms with E-state index in [-0.39, 0.29) is 17.4 Å². The summed E-state index contributed by atoms with van der Waals surface area (Å²) < 4.78 is 0. The number of hydrogen-bond acceptors (Lipinski definition) is 4. The van der Waals surface area contributed by atoms with E-state index < -0.39 is 29.8 Å². The minimum atomic E-state index is -1.80. The number of aliphatic hydroxyl groups excluding tert-OH is 3. The molecule has 0 spiro atoms. The van der Waals surface area contributed by atoms with Crippen LogP contribution in [0.2, 0.25) is 0 Å². The second-order valence-electron chi connectivity index (χ2n) is 6.64. The maximum atomic E-state index is 10.7. The Balaban J connectivity index is 2.42. The van der Waals surface area contributed by atoms with E-state index in [9.17, 15) is 20.4 Å². The molecule has 2 fully saturated rings. The normalized spacial score (nSPS) is 50.6. The summed E-state index contributed by atoms with van der Waals surface area (Å²) in [6.07, 6.45) is 1.38. The second-order valence-corrected chi connectivity index (χ2v) is 6.64. The standard InChI is InChI=1S/C15H26O4/c1-9-5-4-6-11-7-12(17)15(19,10(2)8-16)13(18)14(9,11)3/h9,11-13,16-19H,2,4-8H2,1,3H3/t9-,11+,12-,13-,14+,15-/m0/s1. The van der Waals surface area contributed by atoms with Crippen molar-refractivity contribution in [2.75, 3.05) is 6.61 Å². The van der Waals surface area contributed by atoms with Crippen LogP contribution in [0, 0.1) is 17.3 Å². The van der Waals surface area contributed by atoms with Crippen LogP contribution in [0.3, 0.4) is 0 Å². The summed E-state index contributed by atoms with van der Waals surface area (Å²) in [4.78, 5) is 0. The van der Waals surface area contributed by atoms with Gasteiger partial charge in [0.1, 0.15) is 5.60 Å². The first-order valence-electron chi connectivity index (χ1n) is 7.17. The molecule has 2 aliphatic rings. The summed E-state index contributed by atoms with van der Waals surface area (Å²) >= 11 is 0. The number of rotatable bonds is 2. The highest BCUT2D eigenvalue weighted by atomic mass is 16.4. The first kappa shape index (κ1) is 15.0. The van der Waals surface area contributed by atoms with Crippen LogP contribution in [-0.2, 0) is 0 Å². The monoisotopic (exact) mass is 270 g/mol. The lowest BCUT2D eigenvalue weighted by atomic mass is 9.50. The van der Waals surface area contributed by atoms with E-state index in [0.717, 1.165) is 19.3 Å². The fourth-order valence-electron chi connectivity index (χ4n) is 4.22. The predicted octanol–water partition coefficient (Wildman–Crippen LogP) is 0.834. The first-order valence-corrected chi connectivity index (χ1v) is 7.17. The van der Waals surface area contributed by atoms with Crippen LogP contribution in [0.25, 0.3) is 0 Å². The molecule has 2 aliphatic carbocycles. The van der Waals surface area contributed by atoms with Gasteiger partial charge in [0, 0.05) is 5.41 Å². The maximum Gasteiger partial charge on any atom is 0.140 e. The van der Waals surface area contributed by atoms with Crippen LogP contribution in [-0.4, -0.2) is 44.8 Å². The van der Waals surface area contributed by atoms with Crippen molar-refractivity contribution in [1.82, 2.24) is 0 Å². The van der Waals surface area contributed by atoms with Crippen molar-refractivity contribution >= 4 is 0 Å². The molecule has 0 aromatic heterocycles. The Kier molecular flexibility index (Phi) is 3.82. The number of aliphatic hydroxyl groups is 4. The van der Waals surface area contributed by atoms with Crippen molar-refractivity contribution in [3.8, 4) is 0 Å². The van der Waals surface area contributed by atoms with E-state index >= 15 is 0 Å². The Morgan fingerprint density at radius 2 is 1.95 bits per heavy atom. The van der Waals surface area contributed by atoms with Crippen LogP contribution in [0.5, 0.6) is 0 Å². The number of hydrogen-bond donors (Lipinski definition) is 4. The lowest BCUT2D eigenvalue weighted by molar-refractivity contribution is -0.234. The van der Waals surface area contributed by atoms with Gasteiger partial charge in [0.05, 0.1) is 18.8 Å². The summed E-state index contributed by atoms with van der Waals surface area (Å²) in [7, 11) is 0. The molecule has 110 valence electrons. The third kappa shape index (κ3) is 1.88. The topological polar surface area (TPSA) is 80.9 Å². The van der Waals surface area contributed by atoms with Crippen LogP contribution < -0.4 is 0 Å². The van der Waals surface area contributed by atoms with Gasteiger partial charge in [0.15, 0.2) is 0 Å². The van der Waals surface area contributed by atoms with E-state index in [4.69, 9.17) is 0 Å². The molecule has 0 unspecified atom stereocenters. The summed E-state index contributed by atoms with van der Waals surface area (Å²) in [6.45, 7) is 7.30. The molecular weight excluding hydrogens is 244 g/mol. The van der Waals surface area contributed by atoms with Crippen molar-refractivity contribution < 1.29 is 20.4 Å². The maximum absolute atomic E-state index is 10.7. The fraction of sp³-hybridized carbons (Fsp3) is 0.867. The Morgan fingerprint density at radius 1 is 1.32 bits per heavy atom. The second kappa shape index (κ2) is 4.85. The smallest absolute Gasteiger partial charge is 0.140 e. The molecule has 2 saturated carbocycles. The molecule has 0 aromatic rings. The van der Waals surface area contributed by atoms with E-state index in [1.54, 1.807) is 0 Å². The SMILES string of the molecule is C=C(CO)[C@@]1(O)[C@@H](O)[C@@]2(C)[C@H](CCC[C@@H]2C)C[C@@H]1O. The van der Waals surface area contributed by atoms with E-state index in [1.165, 1.54) is 0 Å². The molecule has 4 heteroatoms. The summed E-state index contributed by atoms with van der Waals surface area (Å²) in [6, 6.07) is 0. The van der Waals surface area contributed by atoms with E-state index in [1.807, 2.05) is 6.92 Å². The molecule has 4 nitrogen and oxygen atoms in total. The van der Waals surface area contributed by atoms with Crippen LogP contribution >= 0.6 is 0 Å². The molecule has 0 bridgehead atoms. The van der Waals surface area contributed by atoms with Gasteiger partial charge in [-0.2, -0.15) is 0 Å². The van der Waals surface area contributed by atoms with E-state index in [0.29, 0.717) is 6.42 Å². The van der Waals surface area contributed by atoms with Crippen molar-refractivity contribution in [2.24, 2.45) is 17.3 Å². The lowest BCUT2D eigenvalue weighted by Gasteiger charge is -2.59. The van der Waals surface area contributed by atoms with Gasteiger partial charge in [-0.15, -0.1) is 0 Å². The van der Waals surface area contributed by atoms with Crippen molar-refractivity contribution in [3.63, 3.8) is 0 Å². The molecule has 0 heterocycles. The molecule has 0 saturated heterocycles. The minimum Gasteiger partial charge on any atom is -0.392 e. The zero-order valence-corrected chi connectivity index (χ0v) is 11.8. The average molecular weight is 270 g/mol. The third-order valence-electron chi connectivity index (χ3n) is 5.91. The summed E-state index contributed by atoms with van der Waals surface area (Å²) in [5.41, 5.74) is -2.14. The molecular formula is C15H26O4. The Labute approximate surface area is 114 Å². The van der Waals surface area contributed by atoms with Crippen molar-refractivity contribution in [3.05, 3.63) is 12.2 Å². The van der Waals surface area contributed by atoms with Crippen molar-refractivity contribution in [2.45, 2.75) is 57.3 Å².